The number of rotatable bonds is 5. The molecule has 4 aromatic rings. The average molecular weight is 477 g/mol. The van der Waals surface area contributed by atoms with Gasteiger partial charge in [0.05, 0.1) is 0 Å². The normalized spacial score (nSPS) is 10.9. The van der Waals surface area contributed by atoms with Crippen molar-refractivity contribution in [1.82, 2.24) is 29.8 Å². The Bertz CT molecular complexity index is 1130. The predicted molar refractivity (Wildman–Crippen MR) is 111 cm³/mol. The fourth-order valence-electron chi connectivity index (χ4n) is 2.27. The molecule has 0 atom stereocenters. The summed E-state index contributed by atoms with van der Waals surface area (Å²) in [5.74, 6) is 0.540. The Morgan fingerprint density at radius 2 is 2.07 bits per heavy atom. The van der Waals surface area contributed by atoms with Crippen molar-refractivity contribution in [3.63, 3.8) is 0 Å². The van der Waals surface area contributed by atoms with Gasteiger partial charge in [-0.05, 0) is 48.5 Å². The number of aromatic nitrogens is 6. The van der Waals surface area contributed by atoms with Gasteiger partial charge in [0.1, 0.15) is 11.4 Å². The zero-order chi connectivity index (χ0) is 19.5. The van der Waals surface area contributed by atoms with E-state index in [2.05, 4.69) is 51.8 Å². The standard InChI is InChI=1S/C16H13BrN8OS2/c1-2-10-7-12(25-13(20-10)18-8-19-25)27-16-24-23-15(28-16)22-14(26)21-11-5-3-9(17)4-6-11/h3-8H,2H2,1H3,(H2,21,22,23,26). The number of carbonyl (C=O) groups is 1. The van der Waals surface area contributed by atoms with E-state index in [0.717, 1.165) is 21.6 Å². The Kier molecular flexibility index (Phi) is 5.50. The molecule has 0 unspecified atom stereocenters. The molecule has 0 fully saturated rings. The molecule has 4 rings (SSSR count). The predicted octanol–water partition coefficient (Wildman–Crippen LogP) is 4.10. The lowest BCUT2D eigenvalue weighted by molar-refractivity contribution is 0.262. The van der Waals surface area contributed by atoms with Crippen LogP contribution in [0, 0.1) is 0 Å². The Labute approximate surface area is 176 Å². The lowest BCUT2D eigenvalue weighted by Crippen LogP contribution is -2.19. The first-order chi connectivity index (χ1) is 13.6. The maximum atomic E-state index is 12.1. The Hall–Kier alpha value is -2.57. The monoisotopic (exact) mass is 476 g/mol. The quantitative estimate of drug-likeness (QED) is 0.329. The Morgan fingerprint density at radius 1 is 1.25 bits per heavy atom. The Morgan fingerprint density at radius 3 is 2.86 bits per heavy atom. The number of aryl methyl sites for hydroxylation is 1. The molecule has 0 spiro atoms. The van der Waals surface area contributed by atoms with Gasteiger partial charge >= 0.3 is 6.03 Å². The van der Waals surface area contributed by atoms with Gasteiger partial charge in [-0.15, -0.1) is 10.2 Å². The zero-order valence-corrected chi connectivity index (χ0v) is 17.7. The SMILES string of the molecule is CCc1cc(Sc2nnc(NC(=O)Nc3ccc(Br)cc3)s2)n2ncnc2n1. The van der Waals surface area contributed by atoms with Crippen LogP contribution in [-0.2, 0) is 6.42 Å². The summed E-state index contributed by atoms with van der Waals surface area (Å²) in [4.78, 5) is 20.7. The summed E-state index contributed by atoms with van der Waals surface area (Å²) in [6.45, 7) is 2.03. The van der Waals surface area contributed by atoms with Crippen molar-refractivity contribution < 1.29 is 4.79 Å². The van der Waals surface area contributed by atoms with Crippen molar-refractivity contribution in [2.24, 2.45) is 0 Å². The van der Waals surface area contributed by atoms with E-state index in [1.54, 1.807) is 16.6 Å². The first kappa shape index (κ1) is 18.8. The van der Waals surface area contributed by atoms with Crippen molar-refractivity contribution in [3.05, 3.63) is 46.8 Å². The van der Waals surface area contributed by atoms with E-state index >= 15 is 0 Å². The highest BCUT2D eigenvalue weighted by molar-refractivity contribution is 9.10. The number of nitrogens with zero attached hydrogens (tertiary/aromatic N) is 6. The molecule has 0 aliphatic carbocycles. The molecule has 2 amide bonds. The van der Waals surface area contributed by atoms with Gasteiger partial charge in [-0.25, -0.2) is 9.78 Å². The third-order valence-corrected chi connectivity index (χ3v) is 5.97. The number of benzene rings is 1. The molecule has 12 heteroatoms. The van der Waals surface area contributed by atoms with E-state index in [1.165, 1.54) is 29.4 Å². The van der Waals surface area contributed by atoms with Crippen LogP contribution in [0.2, 0.25) is 0 Å². The molecule has 1 aromatic carbocycles. The number of anilines is 2. The topological polar surface area (TPSA) is 110 Å². The van der Waals surface area contributed by atoms with Crippen LogP contribution in [0.25, 0.3) is 5.78 Å². The summed E-state index contributed by atoms with van der Waals surface area (Å²) in [5, 5.41) is 19.0. The van der Waals surface area contributed by atoms with Crippen LogP contribution in [0.15, 0.2) is 50.5 Å². The summed E-state index contributed by atoms with van der Waals surface area (Å²) in [5.41, 5.74) is 1.59. The second kappa shape index (κ2) is 8.20. The molecule has 0 bridgehead atoms. The van der Waals surface area contributed by atoms with Gasteiger partial charge in [-0.2, -0.15) is 14.6 Å². The first-order valence-electron chi connectivity index (χ1n) is 8.15. The molecule has 142 valence electrons. The van der Waals surface area contributed by atoms with E-state index < -0.39 is 0 Å². The van der Waals surface area contributed by atoms with Crippen LogP contribution in [0.4, 0.5) is 15.6 Å². The van der Waals surface area contributed by atoms with Gasteiger partial charge in [0.25, 0.3) is 5.78 Å². The highest BCUT2D eigenvalue weighted by Crippen LogP contribution is 2.32. The molecule has 0 aliphatic rings. The zero-order valence-electron chi connectivity index (χ0n) is 14.5. The summed E-state index contributed by atoms with van der Waals surface area (Å²) >= 11 is 6.02. The third-order valence-electron chi connectivity index (χ3n) is 3.56. The highest BCUT2D eigenvalue weighted by Gasteiger charge is 2.13. The number of hydrogen-bond acceptors (Lipinski definition) is 8. The minimum Gasteiger partial charge on any atom is -0.308 e. The van der Waals surface area contributed by atoms with Crippen molar-refractivity contribution in [2.75, 3.05) is 10.6 Å². The van der Waals surface area contributed by atoms with Crippen molar-refractivity contribution >= 4 is 61.7 Å². The van der Waals surface area contributed by atoms with Gasteiger partial charge in [0, 0.05) is 15.9 Å². The van der Waals surface area contributed by atoms with E-state index in [-0.39, 0.29) is 6.03 Å². The van der Waals surface area contributed by atoms with Crippen LogP contribution >= 0.6 is 39.0 Å². The number of amides is 2. The molecule has 0 saturated carbocycles. The molecule has 0 saturated heterocycles. The van der Waals surface area contributed by atoms with Crippen LogP contribution in [0.1, 0.15) is 12.6 Å². The minimum absolute atomic E-state index is 0.383. The number of urea groups is 1. The van der Waals surface area contributed by atoms with Crippen molar-refractivity contribution in [3.8, 4) is 0 Å². The fraction of sp³-hybridized carbons (Fsp3) is 0.125. The summed E-state index contributed by atoms with van der Waals surface area (Å²) in [7, 11) is 0. The molecular formula is C16H13BrN8OS2. The maximum absolute atomic E-state index is 12.1. The summed E-state index contributed by atoms with van der Waals surface area (Å²) in [6, 6.07) is 8.85. The van der Waals surface area contributed by atoms with Crippen LogP contribution in [-0.4, -0.2) is 35.8 Å². The molecule has 0 radical (unpaired) electrons. The molecule has 28 heavy (non-hydrogen) atoms. The Balaban J connectivity index is 1.45. The minimum atomic E-state index is -0.383. The molecule has 9 nitrogen and oxygen atoms in total. The molecular weight excluding hydrogens is 464 g/mol. The molecule has 3 aromatic heterocycles. The smallest absolute Gasteiger partial charge is 0.308 e. The highest BCUT2D eigenvalue weighted by atomic mass is 79.9. The first-order valence-corrected chi connectivity index (χ1v) is 10.6. The van der Waals surface area contributed by atoms with Gasteiger partial charge in [0.15, 0.2) is 4.34 Å². The van der Waals surface area contributed by atoms with E-state index in [4.69, 9.17) is 0 Å². The van der Waals surface area contributed by atoms with Crippen LogP contribution in [0.3, 0.4) is 0 Å². The number of carbonyl (C=O) groups excluding carboxylic acids is 1. The van der Waals surface area contributed by atoms with E-state index in [1.807, 2.05) is 25.1 Å². The lowest BCUT2D eigenvalue weighted by Gasteiger charge is -2.04. The second-order valence-electron chi connectivity index (χ2n) is 5.47. The number of halogens is 1. The fourth-order valence-corrected chi connectivity index (χ4v) is 4.34. The second-order valence-corrected chi connectivity index (χ2v) is 8.63. The molecule has 2 N–H and O–H groups in total. The maximum Gasteiger partial charge on any atom is 0.325 e. The van der Waals surface area contributed by atoms with Crippen molar-refractivity contribution in [2.45, 2.75) is 22.7 Å². The van der Waals surface area contributed by atoms with Crippen LogP contribution < -0.4 is 10.6 Å². The molecule has 0 aliphatic heterocycles. The average Bonchev–Trinajstić information content (AvgIpc) is 3.33. The number of fused-ring (bicyclic) bond motifs is 1. The third kappa shape index (κ3) is 4.29. The summed E-state index contributed by atoms with van der Waals surface area (Å²) < 4.78 is 3.26. The van der Waals surface area contributed by atoms with E-state index in [9.17, 15) is 4.79 Å². The van der Waals surface area contributed by atoms with E-state index in [0.29, 0.717) is 20.9 Å². The van der Waals surface area contributed by atoms with Gasteiger partial charge in [-0.3, -0.25) is 5.32 Å². The number of hydrogen-bond donors (Lipinski definition) is 2. The molecule has 3 heterocycles. The van der Waals surface area contributed by atoms with Crippen LogP contribution in [0.5, 0.6) is 0 Å². The van der Waals surface area contributed by atoms with Crippen molar-refractivity contribution in [1.29, 1.82) is 0 Å². The lowest BCUT2D eigenvalue weighted by atomic mass is 10.3. The summed E-state index contributed by atoms with van der Waals surface area (Å²) in [6.07, 6.45) is 2.25. The largest absolute Gasteiger partial charge is 0.325 e. The number of nitrogens with one attached hydrogen (secondary N) is 2. The van der Waals surface area contributed by atoms with Gasteiger partial charge in [-0.1, -0.05) is 34.2 Å². The van der Waals surface area contributed by atoms with Gasteiger partial charge < -0.3 is 5.32 Å². The van der Waals surface area contributed by atoms with Gasteiger partial charge in [0.2, 0.25) is 5.13 Å².